The number of benzene rings is 2. The van der Waals surface area contributed by atoms with Crippen LogP contribution in [0.25, 0.3) is 0 Å². The number of nitrogens with zero attached hydrogens (tertiary/aromatic N) is 1. The summed E-state index contributed by atoms with van der Waals surface area (Å²) in [6.45, 7) is 0.259. The smallest absolute Gasteiger partial charge is 0.337 e. The third-order valence-electron chi connectivity index (χ3n) is 5.08. The van der Waals surface area contributed by atoms with Crippen molar-refractivity contribution in [3.8, 4) is 5.75 Å². The molecular formula is C21H23FN2O6S. The number of anilines is 1. The van der Waals surface area contributed by atoms with Crippen LogP contribution >= 0.6 is 0 Å². The fourth-order valence-corrected chi connectivity index (χ4v) is 4.94. The van der Waals surface area contributed by atoms with Crippen molar-refractivity contribution < 1.29 is 31.9 Å². The predicted octanol–water partition coefficient (Wildman–Crippen LogP) is 2.66. The highest BCUT2D eigenvalue weighted by atomic mass is 32.2. The van der Waals surface area contributed by atoms with E-state index in [1.165, 1.54) is 48.9 Å². The van der Waals surface area contributed by atoms with E-state index in [4.69, 9.17) is 9.47 Å². The van der Waals surface area contributed by atoms with Crippen molar-refractivity contribution in [2.24, 2.45) is 5.92 Å². The fraction of sp³-hybridized carbons (Fsp3) is 0.333. The fourth-order valence-electron chi connectivity index (χ4n) is 3.42. The molecular weight excluding hydrogens is 427 g/mol. The van der Waals surface area contributed by atoms with Gasteiger partial charge in [0.1, 0.15) is 11.6 Å². The zero-order valence-electron chi connectivity index (χ0n) is 17.1. The summed E-state index contributed by atoms with van der Waals surface area (Å²) in [4.78, 5) is 24.6. The minimum absolute atomic E-state index is 0.00937. The molecule has 2 aromatic carbocycles. The van der Waals surface area contributed by atoms with Crippen molar-refractivity contribution in [1.82, 2.24) is 4.31 Å². The number of carbonyl (C=O) groups is 2. The van der Waals surface area contributed by atoms with E-state index in [1.807, 2.05) is 0 Å². The SMILES string of the molecule is COC(=O)c1ccc(OC)c(NC(=O)[C@@H]2CCCN(S(=O)(=O)c3ccc(F)cc3)C2)c1. The monoisotopic (exact) mass is 450 g/mol. The first-order chi connectivity index (χ1) is 14.8. The van der Waals surface area contributed by atoms with E-state index in [1.54, 1.807) is 0 Å². The molecule has 0 bridgehead atoms. The van der Waals surface area contributed by atoms with Gasteiger partial charge in [-0.15, -0.1) is 0 Å². The first-order valence-corrected chi connectivity index (χ1v) is 11.0. The van der Waals surface area contributed by atoms with Crippen molar-refractivity contribution in [3.63, 3.8) is 0 Å². The highest BCUT2D eigenvalue weighted by Gasteiger charge is 2.33. The summed E-state index contributed by atoms with van der Waals surface area (Å²) in [5.41, 5.74) is 0.525. The van der Waals surface area contributed by atoms with Crippen molar-refractivity contribution in [2.45, 2.75) is 17.7 Å². The second kappa shape index (κ2) is 9.44. The molecule has 31 heavy (non-hydrogen) atoms. The van der Waals surface area contributed by atoms with Gasteiger partial charge in [0.2, 0.25) is 15.9 Å². The van der Waals surface area contributed by atoms with Crippen LogP contribution < -0.4 is 10.1 Å². The van der Waals surface area contributed by atoms with Crippen LogP contribution in [0, 0.1) is 11.7 Å². The third-order valence-corrected chi connectivity index (χ3v) is 6.96. The Morgan fingerprint density at radius 3 is 2.48 bits per heavy atom. The van der Waals surface area contributed by atoms with Crippen molar-refractivity contribution in [2.75, 3.05) is 32.6 Å². The first kappa shape index (κ1) is 22.7. The number of esters is 1. The van der Waals surface area contributed by atoms with Crippen LogP contribution in [-0.4, -0.2) is 51.9 Å². The molecule has 0 saturated carbocycles. The Morgan fingerprint density at radius 2 is 1.84 bits per heavy atom. The summed E-state index contributed by atoms with van der Waals surface area (Å²) < 4.78 is 50.1. The zero-order valence-corrected chi connectivity index (χ0v) is 17.9. The van der Waals surface area contributed by atoms with Gasteiger partial charge in [0.05, 0.1) is 36.3 Å². The Kier molecular flexibility index (Phi) is 6.91. The molecule has 0 aromatic heterocycles. The minimum atomic E-state index is -3.85. The maximum absolute atomic E-state index is 13.2. The number of hydrogen-bond acceptors (Lipinski definition) is 6. The summed E-state index contributed by atoms with van der Waals surface area (Å²) in [6, 6.07) is 9.07. The summed E-state index contributed by atoms with van der Waals surface area (Å²) >= 11 is 0. The molecule has 1 N–H and O–H groups in total. The Balaban J connectivity index is 1.77. The van der Waals surface area contributed by atoms with Crippen LogP contribution in [0.4, 0.5) is 10.1 Å². The number of halogens is 1. The molecule has 0 radical (unpaired) electrons. The molecule has 2 aromatic rings. The summed E-state index contributed by atoms with van der Waals surface area (Å²) in [5.74, 6) is -1.73. The molecule has 1 saturated heterocycles. The quantitative estimate of drug-likeness (QED) is 0.679. The van der Waals surface area contributed by atoms with Crippen LogP contribution in [0.5, 0.6) is 5.75 Å². The number of rotatable bonds is 6. The standard InChI is InChI=1S/C21H23FN2O6S/c1-29-19-10-5-14(21(26)30-2)12-18(19)23-20(25)15-4-3-11-24(13-15)31(27,28)17-8-6-16(22)7-9-17/h5-10,12,15H,3-4,11,13H2,1-2H3,(H,23,25)/t15-/m1/s1. The molecule has 1 fully saturated rings. The molecule has 1 atom stereocenters. The number of piperidine rings is 1. The van der Waals surface area contributed by atoms with Gasteiger partial charge in [-0.1, -0.05) is 0 Å². The lowest BCUT2D eigenvalue weighted by molar-refractivity contribution is -0.120. The van der Waals surface area contributed by atoms with Crippen molar-refractivity contribution >= 4 is 27.6 Å². The molecule has 0 aliphatic carbocycles. The summed E-state index contributed by atoms with van der Waals surface area (Å²) in [7, 11) is -1.17. The van der Waals surface area contributed by atoms with Gasteiger partial charge < -0.3 is 14.8 Å². The molecule has 1 amide bonds. The van der Waals surface area contributed by atoms with Gasteiger partial charge in [-0.05, 0) is 55.3 Å². The number of amides is 1. The Bertz CT molecular complexity index is 1070. The number of sulfonamides is 1. The normalized spacial score (nSPS) is 17.1. The van der Waals surface area contributed by atoms with E-state index >= 15 is 0 Å². The van der Waals surface area contributed by atoms with Gasteiger partial charge in [0.25, 0.3) is 0 Å². The zero-order chi connectivity index (χ0) is 22.6. The maximum Gasteiger partial charge on any atom is 0.337 e. The molecule has 10 heteroatoms. The van der Waals surface area contributed by atoms with Crippen molar-refractivity contribution in [1.29, 1.82) is 0 Å². The van der Waals surface area contributed by atoms with E-state index in [-0.39, 0.29) is 35.1 Å². The maximum atomic E-state index is 13.2. The summed E-state index contributed by atoms with van der Waals surface area (Å²) in [5, 5.41) is 2.73. The largest absolute Gasteiger partial charge is 0.495 e. The topological polar surface area (TPSA) is 102 Å². The number of methoxy groups -OCH3 is 2. The molecule has 1 aliphatic rings. The number of ether oxygens (including phenoxy) is 2. The van der Waals surface area contributed by atoms with Gasteiger partial charge in [-0.2, -0.15) is 4.31 Å². The number of hydrogen-bond donors (Lipinski definition) is 1. The Labute approximate surface area is 180 Å². The van der Waals surface area contributed by atoms with Crippen LogP contribution in [0.3, 0.4) is 0 Å². The summed E-state index contributed by atoms with van der Waals surface area (Å²) in [6.07, 6.45) is 0.998. The van der Waals surface area contributed by atoms with Crippen LogP contribution in [0.1, 0.15) is 23.2 Å². The first-order valence-electron chi connectivity index (χ1n) is 9.59. The second-order valence-electron chi connectivity index (χ2n) is 7.05. The highest BCUT2D eigenvalue weighted by molar-refractivity contribution is 7.89. The molecule has 0 unspecified atom stereocenters. The van der Waals surface area contributed by atoms with Crippen LogP contribution in [0.15, 0.2) is 47.4 Å². The average molecular weight is 450 g/mol. The molecule has 8 nitrogen and oxygen atoms in total. The van der Waals surface area contributed by atoms with Gasteiger partial charge in [-0.25, -0.2) is 17.6 Å². The number of nitrogens with one attached hydrogen (secondary N) is 1. The predicted molar refractivity (Wildman–Crippen MR) is 111 cm³/mol. The third kappa shape index (κ3) is 5.02. The average Bonchev–Trinajstić information content (AvgIpc) is 2.78. The van der Waals surface area contributed by atoms with E-state index in [2.05, 4.69) is 5.32 Å². The van der Waals surface area contributed by atoms with E-state index < -0.39 is 27.7 Å². The highest BCUT2D eigenvalue weighted by Crippen LogP contribution is 2.29. The molecule has 166 valence electrons. The lowest BCUT2D eigenvalue weighted by Gasteiger charge is -2.31. The van der Waals surface area contributed by atoms with Crippen LogP contribution in [0.2, 0.25) is 0 Å². The van der Waals surface area contributed by atoms with Crippen LogP contribution in [-0.2, 0) is 19.6 Å². The molecule has 1 aliphatic heterocycles. The Hall–Kier alpha value is -2.98. The molecule has 1 heterocycles. The minimum Gasteiger partial charge on any atom is -0.495 e. The molecule has 0 spiro atoms. The van der Waals surface area contributed by atoms with Gasteiger partial charge in [0.15, 0.2) is 0 Å². The van der Waals surface area contributed by atoms with E-state index in [0.29, 0.717) is 18.6 Å². The van der Waals surface area contributed by atoms with Crippen molar-refractivity contribution in [3.05, 3.63) is 53.8 Å². The second-order valence-corrected chi connectivity index (χ2v) is 8.99. The lowest BCUT2D eigenvalue weighted by atomic mass is 9.98. The number of carbonyl (C=O) groups excluding carboxylic acids is 2. The Morgan fingerprint density at radius 1 is 1.13 bits per heavy atom. The molecule has 3 rings (SSSR count). The van der Waals surface area contributed by atoms with E-state index in [9.17, 15) is 22.4 Å². The van der Waals surface area contributed by atoms with Gasteiger partial charge >= 0.3 is 5.97 Å². The van der Waals surface area contributed by atoms with Gasteiger partial charge in [0, 0.05) is 13.1 Å². The van der Waals surface area contributed by atoms with E-state index in [0.717, 1.165) is 12.1 Å². The van der Waals surface area contributed by atoms with Gasteiger partial charge in [-0.3, -0.25) is 4.79 Å². The lowest BCUT2D eigenvalue weighted by Crippen LogP contribution is -2.43.